The summed E-state index contributed by atoms with van der Waals surface area (Å²) >= 11 is 7.28. The molecule has 0 N–H and O–H groups in total. The first-order valence-electron chi connectivity index (χ1n) is 6.79. The molecule has 2 heterocycles. The summed E-state index contributed by atoms with van der Waals surface area (Å²) in [6.45, 7) is 1.33. The molecule has 0 fully saturated rings. The van der Waals surface area contributed by atoms with Crippen molar-refractivity contribution >= 4 is 33.0 Å². The first-order chi connectivity index (χ1) is 11.3. The highest BCUT2D eigenvalue weighted by atomic mass is 35.5. The van der Waals surface area contributed by atoms with Gasteiger partial charge in [0.2, 0.25) is 0 Å². The quantitative estimate of drug-likeness (QED) is 0.524. The number of aromatic nitrogens is 1. The van der Waals surface area contributed by atoms with Gasteiger partial charge in [0.05, 0.1) is 9.72 Å². The van der Waals surface area contributed by atoms with E-state index in [9.17, 15) is 17.6 Å². The Labute approximate surface area is 143 Å². The average molecular weight is 376 g/mol. The lowest BCUT2D eigenvalue weighted by atomic mass is 10.2. The van der Waals surface area contributed by atoms with Crippen molar-refractivity contribution in [1.82, 2.24) is 4.98 Å². The molecule has 0 bridgehead atoms. The van der Waals surface area contributed by atoms with E-state index in [1.807, 2.05) is 0 Å². The molecule has 0 spiro atoms. The van der Waals surface area contributed by atoms with E-state index in [2.05, 4.69) is 4.98 Å². The lowest BCUT2D eigenvalue weighted by Gasteiger charge is -2.12. The van der Waals surface area contributed by atoms with Crippen LogP contribution in [0.3, 0.4) is 0 Å². The third-order valence-corrected chi connectivity index (χ3v) is 4.68. The van der Waals surface area contributed by atoms with E-state index in [4.69, 9.17) is 16.3 Å². The molecule has 24 heavy (non-hydrogen) atoms. The van der Waals surface area contributed by atoms with E-state index < -0.39 is 17.7 Å². The summed E-state index contributed by atoms with van der Waals surface area (Å²) in [7, 11) is 0. The summed E-state index contributed by atoms with van der Waals surface area (Å²) in [4.78, 5) is 3.52. The molecule has 0 saturated heterocycles. The topological polar surface area (TPSA) is 22.1 Å². The Kier molecular flexibility index (Phi) is 4.40. The molecule has 0 amide bonds. The van der Waals surface area contributed by atoms with Crippen molar-refractivity contribution in [3.63, 3.8) is 0 Å². The second-order valence-electron chi connectivity index (χ2n) is 5.06. The maximum absolute atomic E-state index is 14.4. The van der Waals surface area contributed by atoms with Crippen LogP contribution in [0, 0.1) is 12.7 Å². The smallest absolute Gasteiger partial charge is 0.433 e. The van der Waals surface area contributed by atoms with Gasteiger partial charge in [0, 0.05) is 22.7 Å². The predicted molar refractivity (Wildman–Crippen MR) is 85.1 cm³/mol. The number of ether oxygens (including phenoxy) is 1. The van der Waals surface area contributed by atoms with E-state index in [1.165, 1.54) is 30.4 Å². The summed E-state index contributed by atoms with van der Waals surface area (Å²) in [6, 6.07) is 5.21. The van der Waals surface area contributed by atoms with Crippen LogP contribution >= 0.6 is 22.9 Å². The van der Waals surface area contributed by atoms with Crippen LogP contribution in [0.5, 0.6) is 5.75 Å². The fourth-order valence-electron chi connectivity index (χ4n) is 2.20. The summed E-state index contributed by atoms with van der Waals surface area (Å²) in [5.41, 5.74) is -0.365. The second-order valence-corrected chi connectivity index (χ2v) is 6.38. The molecule has 0 radical (unpaired) electrons. The van der Waals surface area contributed by atoms with Crippen LogP contribution in [0.4, 0.5) is 17.6 Å². The molecule has 3 aromatic rings. The molecule has 2 nitrogen and oxygen atoms in total. The van der Waals surface area contributed by atoms with Crippen molar-refractivity contribution in [1.29, 1.82) is 0 Å². The second kappa shape index (κ2) is 6.22. The van der Waals surface area contributed by atoms with Gasteiger partial charge in [-0.3, -0.25) is 0 Å². The zero-order valence-electron chi connectivity index (χ0n) is 12.2. The van der Waals surface area contributed by atoms with Gasteiger partial charge in [-0.25, -0.2) is 9.37 Å². The van der Waals surface area contributed by atoms with Crippen molar-refractivity contribution in [2.45, 2.75) is 19.7 Å². The largest absolute Gasteiger partial charge is 0.486 e. The molecule has 126 valence electrons. The van der Waals surface area contributed by atoms with Crippen LogP contribution < -0.4 is 4.74 Å². The number of hydrogen-bond donors (Lipinski definition) is 0. The normalized spacial score (nSPS) is 11.9. The number of benzene rings is 1. The van der Waals surface area contributed by atoms with Gasteiger partial charge in [-0.05, 0) is 24.4 Å². The number of thiophene rings is 1. The molecule has 3 rings (SSSR count). The number of alkyl halides is 3. The van der Waals surface area contributed by atoms with E-state index in [1.54, 1.807) is 11.4 Å². The minimum Gasteiger partial charge on any atom is -0.486 e. The molecule has 0 atom stereocenters. The molecule has 8 heteroatoms. The van der Waals surface area contributed by atoms with E-state index in [0.29, 0.717) is 20.7 Å². The average Bonchev–Trinajstić information content (AvgIpc) is 3.00. The molecule has 0 aliphatic rings. The van der Waals surface area contributed by atoms with E-state index in [-0.39, 0.29) is 18.1 Å². The predicted octanol–water partition coefficient (Wildman–Crippen LogP) is 6.00. The first kappa shape index (κ1) is 17.0. The van der Waals surface area contributed by atoms with Crippen molar-refractivity contribution < 1.29 is 22.3 Å². The van der Waals surface area contributed by atoms with Crippen molar-refractivity contribution in [2.24, 2.45) is 0 Å². The van der Waals surface area contributed by atoms with Gasteiger partial charge >= 0.3 is 6.18 Å². The standard InChI is InChI=1S/C16H10ClF4NOS/c1-8-9(2-3-13(22-8)16(19,20)21)7-23-12-6-11(17)10-4-5-24-15(10)14(12)18/h2-6H,7H2,1H3. The third kappa shape index (κ3) is 3.18. The van der Waals surface area contributed by atoms with Gasteiger partial charge in [0.25, 0.3) is 0 Å². The molecular formula is C16H10ClF4NOS. The molecule has 0 saturated carbocycles. The maximum atomic E-state index is 14.4. The van der Waals surface area contributed by atoms with Gasteiger partial charge in [0.1, 0.15) is 12.3 Å². The number of hydrogen-bond acceptors (Lipinski definition) is 3. The van der Waals surface area contributed by atoms with Crippen LogP contribution in [0.25, 0.3) is 10.1 Å². The Balaban J connectivity index is 1.85. The molecule has 0 aliphatic carbocycles. The highest BCUT2D eigenvalue weighted by Crippen LogP contribution is 2.36. The number of rotatable bonds is 3. The van der Waals surface area contributed by atoms with E-state index >= 15 is 0 Å². The molecule has 1 aromatic carbocycles. The Hall–Kier alpha value is -1.86. The van der Waals surface area contributed by atoms with Crippen LogP contribution in [0.1, 0.15) is 17.0 Å². The molecule has 0 unspecified atom stereocenters. The van der Waals surface area contributed by atoms with Crippen LogP contribution in [0.15, 0.2) is 29.6 Å². The SMILES string of the molecule is Cc1nc(C(F)(F)F)ccc1COc1cc(Cl)c2ccsc2c1F. The summed E-state index contributed by atoms with van der Waals surface area (Å²) in [5.74, 6) is -0.587. The number of nitrogens with zero attached hydrogens (tertiary/aromatic N) is 1. The lowest BCUT2D eigenvalue weighted by Crippen LogP contribution is -2.10. The minimum absolute atomic E-state index is 0.0470. The van der Waals surface area contributed by atoms with Crippen LogP contribution in [0.2, 0.25) is 5.02 Å². The Morgan fingerprint density at radius 1 is 1.25 bits per heavy atom. The number of halogens is 5. The summed E-state index contributed by atoms with van der Waals surface area (Å²) in [6.07, 6.45) is -4.51. The van der Waals surface area contributed by atoms with Gasteiger partial charge < -0.3 is 4.74 Å². The minimum atomic E-state index is -4.51. The fourth-order valence-corrected chi connectivity index (χ4v) is 3.36. The Morgan fingerprint density at radius 2 is 2.00 bits per heavy atom. The van der Waals surface area contributed by atoms with E-state index in [0.717, 1.165) is 6.07 Å². The number of aryl methyl sites for hydroxylation is 1. The third-order valence-electron chi connectivity index (χ3n) is 3.46. The van der Waals surface area contributed by atoms with Gasteiger partial charge in [-0.1, -0.05) is 17.7 Å². The first-order valence-corrected chi connectivity index (χ1v) is 8.05. The highest BCUT2D eigenvalue weighted by Gasteiger charge is 2.32. The summed E-state index contributed by atoms with van der Waals surface area (Å²) in [5, 5.41) is 2.66. The fraction of sp³-hybridized carbons (Fsp3) is 0.188. The van der Waals surface area contributed by atoms with Gasteiger partial charge in [-0.2, -0.15) is 13.2 Å². The van der Waals surface area contributed by atoms with Crippen molar-refractivity contribution in [3.05, 3.63) is 57.4 Å². The molecule has 2 aromatic heterocycles. The Morgan fingerprint density at radius 3 is 2.67 bits per heavy atom. The van der Waals surface area contributed by atoms with Crippen LogP contribution in [-0.4, -0.2) is 4.98 Å². The van der Waals surface area contributed by atoms with Gasteiger partial charge in [0.15, 0.2) is 11.6 Å². The molecule has 0 aliphatic heterocycles. The lowest BCUT2D eigenvalue weighted by molar-refractivity contribution is -0.141. The zero-order valence-corrected chi connectivity index (χ0v) is 13.8. The van der Waals surface area contributed by atoms with Gasteiger partial charge in [-0.15, -0.1) is 11.3 Å². The van der Waals surface area contributed by atoms with Crippen molar-refractivity contribution in [2.75, 3.05) is 0 Å². The highest BCUT2D eigenvalue weighted by molar-refractivity contribution is 7.17. The zero-order chi connectivity index (χ0) is 17.5. The number of pyridine rings is 1. The van der Waals surface area contributed by atoms with Crippen LogP contribution in [-0.2, 0) is 12.8 Å². The number of fused-ring (bicyclic) bond motifs is 1. The monoisotopic (exact) mass is 375 g/mol. The maximum Gasteiger partial charge on any atom is 0.433 e. The molecular weight excluding hydrogens is 366 g/mol. The van der Waals surface area contributed by atoms with Crippen molar-refractivity contribution in [3.8, 4) is 5.75 Å². The summed E-state index contributed by atoms with van der Waals surface area (Å²) < 4.78 is 58.0. The Bertz CT molecular complexity index is 907.